The molecule has 2 unspecified atom stereocenters. The van der Waals surface area contributed by atoms with Crippen molar-refractivity contribution < 1.29 is 9.53 Å². The van der Waals surface area contributed by atoms with E-state index in [4.69, 9.17) is 4.74 Å². The molecule has 2 atom stereocenters. The number of likely N-dealkylation sites (N-methyl/N-ethyl adjacent to an activating group) is 1. The van der Waals surface area contributed by atoms with Crippen molar-refractivity contribution in [2.45, 2.75) is 33.2 Å². The molecule has 0 aliphatic carbocycles. The molecule has 0 radical (unpaired) electrons. The van der Waals surface area contributed by atoms with Crippen molar-refractivity contribution >= 4 is 5.91 Å². The molecule has 0 aromatic rings. The van der Waals surface area contributed by atoms with E-state index in [9.17, 15) is 4.79 Å². The smallest absolute Gasteiger partial charge is 0.230 e. The molecule has 4 nitrogen and oxygen atoms in total. The summed E-state index contributed by atoms with van der Waals surface area (Å²) in [6.07, 6.45) is 0.938. The first-order valence-electron chi connectivity index (χ1n) is 6.42. The Bertz CT molecular complexity index is 260. The lowest BCUT2D eigenvalue weighted by molar-refractivity contribution is -0.145. The Balaban J connectivity index is 2.78. The van der Waals surface area contributed by atoms with E-state index in [-0.39, 0.29) is 17.4 Å². The highest BCUT2D eigenvalue weighted by atomic mass is 16.5. The molecular weight excluding hydrogens is 216 g/mol. The van der Waals surface area contributed by atoms with Crippen LogP contribution >= 0.6 is 0 Å². The van der Waals surface area contributed by atoms with Crippen LogP contribution in [-0.2, 0) is 9.53 Å². The molecule has 1 fully saturated rings. The van der Waals surface area contributed by atoms with E-state index in [0.717, 1.165) is 19.5 Å². The predicted molar refractivity (Wildman–Crippen MR) is 68.9 cm³/mol. The lowest BCUT2D eigenvalue weighted by Crippen LogP contribution is -2.50. The molecule has 1 aliphatic rings. The molecule has 1 saturated heterocycles. The average molecular weight is 242 g/mol. The van der Waals surface area contributed by atoms with Crippen LogP contribution in [0.25, 0.3) is 0 Å². The third-order valence-electron chi connectivity index (χ3n) is 4.11. The fraction of sp³-hybridized carbons (Fsp3) is 0.923. The van der Waals surface area contributed by atoms with E-state index < -0.39 is 0 Å². The van der Waals surface area contributed by atoms with Crippen LogP contribution in [0.5, 0.6) is 0 Å². The summed E-state index contributed by atoms with van der Waals surface area (Å²) in [5.41, 5.74) is -0.225. The number of hydrogen-bond acceptors (Lipinski definition) is 3. The first-order valence-corrected chi connectivity index (χ1v) is 6.42. The van der Waals surface area contributed by atoms with E-state index in [1.165, 1.54) is 0 Å². The van der Waals surface area contributed by atoms with Gasteiger partial charge in [0.05, 0.1) is 18.1 Å². The van der Waals surface area contributed by atoms with Crippen LogP contribution < -0.4 is 5.32 Å². The van der Waals surface area contributed by atoms with Crippen LogP contribution in [0.4, 0.5) is 0 Å². The zero-order valence-electron chi connectivity index (χ0n) is 11.7. The second kappa shape index (κ2) is 5.83. The number of amides is 1. The first kappa shape index (κ1) is 14.5. The Labute approximate surface area is 105 Å². The molecule has 1 rings (SSSR count). The Morgan fingerprint density at radius 1 is 1.47 bits per heavy atom. The monoisotopic (exact) mass is 242 g/mol. The minimum atomic E-state index is -0.225. The third-order valence-corrected chi connectivity index (χ3v) is 4.11. The molecule has 1 heterocycles. The fourth-order valence-corrected chi connectivity index (χ4v) is 2.54. The van der Waals surface area contributed by atoms with Crippen LogP contribution in [0.3, 0.4) is 0 Å². The molecule has 0 aromatic carbocycles. The standard InChI is InChI=1S/C13H26N2O2/c1-10(2)13(6-7-14-9-13)12(16)15(4)11(3)8-17-5/h10-11,14H,6-9H2,1-5H3. The van der Waals surface area contributed by atoms with Crippen LogP contribution in [0, 0.1) is 11.3 Å². The number of carbonyl (C=O) groups is 1. The minimum absolute atomic E-state index is 0.128. The summed E-state index contributed by atoms with van der Waals surface area (Å²) in [5.74, 6) is 0.615. The van der Waals surface area contributed by atoms with Crippen molar-refractivity contribution in [1.82, 2.24) is 10.2 Å². The molecule has 17 heavy (non-hydrogen) atoms. The van der Waals surface area contributed by atoms with Crippen LogP contribution in [0.2, 0.25) is 0 Å². The van der Waals surface area contributed by atoms with Gasteiger partial charge in [-0.3, -0.25) is 4.79 Å². The largest absolute Gasteiger partial charge is 0.383 e. The summed E-state index contributed by atoms with van der Waals surface area (Å²) in [7, 11) is 3.55. The number of ether oxygens (including phenoxy) is 1. The molecule has 4 heteroatoms. The van der Waals surface area contributed by atoms with Crippen molar-refractivity contribution in [3.05, 3.63) is 0 Å². The van der Waals surface area contributed by atoms with Gasteiger partial charge >= 0.3 is 0 Å². The predicted octanol–water partition coefficient (Wildman–Crippen LogP) is 1.12. The van der Waals surface area contributed by atoms with Gasteiger partial charge in [-0.05, 0) is 25.8 Å². The van der Waals surface area contributed by atoms with E-state index in [1.807, 2.05) is 18.9 Å². The maximum Gasteiger partial charge on any atom is 0.230 e. The van der Waals surface area contributed by atoms with Gasteiger partial charge in [-0.2, -0.15) is 0 Å². The number of methoxy groups -OCH3 is 1. The molecule has 1 N–H and O–H groups in total. The molecular formula is C13H26N2O2. The second-order valence-corrected chi connectivity index (χ2v) is 5.46. The normalized spacial score (nSPS) is 26.2. The van der Waals surface area contributed by atoms with E-state index in [1.54, 1.807) is 7.11 Å². The van der Waals surface area contributed by atoms with Gasteiger partial charge in [-0.15, -0.1) is 0 Å². The third kappa shape index (κ3) is 2.80. The summed E-state index contributed by atoms with van der Waals surface area (Å²) in [6.45, 7) is 8.63. The molecule has 100 valence electrons. The number of hydrogen-bond donors (Lipinski definition) is 1. The van der Waals surface area contributed by atoms with Crippen LogP contribution in [-0.4, -0.2) is 50.7 Å². The molecule has 0 aromatic heterocycles. The lowest BCUT2D eigenvalue weighted by Gasteiger charge is -2.37. The summed E-state index contributed by atoms with van der Waals surface area (Å²) >= 11 is 0. The van der Waals surface area contributed by atoms with Gasteiger partial charge in [0.2, 0.25) is 5.91 Å². The average Bonchev–Trinajstić information content (AvgIpc) is 2.77. The van der Waals surface area contributed by atoms with Crippen molar-refractivity contribution in [2.24, 2.45) is 11.3 Å². The zero-order chi connectivity index (χ0) is 13.1. The Morgan fingerprint density at radius 3 is 2.53 bits per heavy atom. The van der Waals surface area contributed by atoms with Gasteiger partial charge in [-0.1, -0.05) is 13.8 Å². The quantitative estimate of drug-likeness (QED) is 0.785. The van der Waals surface area contributed by atoms with E-state index in [2.05, 4.69) is 19.2 Å². The summed E-state index contributed by atoms with van der Waals surface area (Å²) in [4.78, 5) is 14.5. The van der Waals surface area contributed by atoms with Crippen molar-refractivity contribution in [3.63, 3.8) is 0 Å². The van der Waals surface area contributed by atoms with Crippen LogP contribution in [0.15, 0.2) is 0 Å². The highest BCUT2D eigenvalue weighted by molar-refractivity contribution is 5.83. The van der Waals surface area contributed by atoms with E-state index in [0.29, 0.717) is 12.5 Å². The lowest BCUT2D eigenvalue weighted by atomic mass is 9.75. The second-order valence-electron chi connectivity index (χ2n) is 5.46. The summed E-state index contributed by atoms with van der Waals surface area (Å²) < 4.78 is 5.12. The SMILES string of the molecule is COCC(C)N(C)C(=O)C1(C(C)C)CCNC1. The maximum atomic E-state index is 12.7. The molecule has 1 amide bonds. The van der Waals surface area contributed by atoms with Crippen molar-refractivity contribution in [1.29, 1.82) is 0 Å². The van der Waals surface area contributed by atoms with Crippen LogP contribution in [0.1, 0.15) is 27.2 Å². The first-order chi connectivity index (χ1) is 7.95. The number of nitrogens with one attached hydrogen (secondary N) is 1. The molecule has 0 saturated carbocycles. The topological polar surface area (TPSA) is 41.6 Å². The Morgan fingerprint density at radius 2 is 2.12 bits per heavy atom. The highest BCUT2D eigenvalue weighted by Gasteiger charge is 2.45. The zero-order valence-corrected chi connectivity index (χ0v) is 11.7. The Kier molecular flexibility index (Phi) is 4.95. The number of nitrogens with zero attached hydrogens (tertiary/aromatic N) is 1. The van der Waals surface area contributed by atoms with Crippen molar-refractivity contribution in [3.8, 4) is 0 Å². The number of carbonyl (C=O) groups excluding carboxylic acids is 1. The van der Waals surface area contributed by atoms with Gasteiger partial charge in [0, 0.05) is 20.7 Å². The van der Waals surface area contributed by atoms with Gasteiger partial charge in [-0.25, -0.2) is 0 Å². The van der Waals surface area contributed by atoms with Gasteiger partial charge in [0.1, 0.15) is 0 Å². The molecule has 0 spiro atoms. The summed E-state index contributed by atoms with van der Waals surface area (Å²) in [6, 6.07) is 0.128. The fourth-order valence-electron chi connectivity index (χ4n) is 2.54. The molecule has 0 bridgehead atoms. The van der Waals surface area contributed by atoms with Crippen molar-refractivity contribution in [2.75, 3.05) is 33.9 Å². The minimum Gasteiger partial charge on any atom is -0.383 e. The molecule has 1 aliphatic heterocycles. The Hall–Kier alpha value is -0.610. The maximum absolute atomic E-state index is 12.7. The van der Waals surface area contributed by atoms with Gasteiger partial charge < -0.3 is 15.0 Å². The summed E-state index contributed by atoms with van der Waals surface area (Å²) in [5, 5.41) is 3.32. The van der Waals surface area contributed by atoms with E-state index >= 15 is 0 Å². The van der Waals surface area contributed by atoms with Gasteiger partial charge in [0.25, 0.3) is 0 Å². The number of rotatable bonds is 5. The van der Waals surface area contributed by atoms with Gasteiger partial charge in [0.15, 0.2) is 0 Å². The highest BCUT2D eigenvalue weighted by Crippen LogP contribution is 2.36.